The van der Waals surface area contributed by atoms with Gasteiger partial charge >= 0.3 is 0 Å². The van der Waals surface area contributed by atoms with E-state index in [9.17, 15) is 10.5 Å². The van der Waals surface area contributed by atoms with E-state index in [1.165, 1.54) is 0 Å². The van der Waals surface area contributed by atoms with Crippen molar-refractivity contribution >= 4 is 109 Å². The van der Waals surface area contributed by atoms with Crippen LogP contribution in [0.15, 0.2) is 215 Å². The first-order chi connectivity index (χ1) is 34.6. The molecule has 0 aliphatic heterocycles. The summed E-state index contributed by atoms with van der Waals surface area (Å²) < 4.78 is 17.0. The van der Waals surface area contributed by atoms with Crippen molar-refractivity contribution in [1.82, 2.24) is 9.13 Å². The minimum atomic E-state index is 0.446. The van der Waals surface area contributed by atoms with Gasteiger partial charge < -0.3 is 18.0 Å². The van der Waals surface area contributed by atoms with Gasteiger partial charge in [-0.25, -0.2) is 0 Å². The largest absolute Gasteiger partial charge is 0.456 e. The van der Waals surface area contributed by atoms with Crippen LogP contribution in [0.25, 0.3) is 143 Å². The quantitative estimate of drug-likeness (QED) is 0.176. The second-order valence-electron chi connectivity index (χ2n) is 18.2. The Hall–Kier alpha value is -9.88. The van der Waals surface area contributed by atoms with Gasteiger partial charge in [-0.1, -0.05) is 121 Å². The highest BCUT2D eigenvalue weighted by molar-refractivity contribution is 6.24. The van der Waals surface area contributed by atoms with E-state index in [0.717, 1.165) is 131 Å². The smallest absolute Gasteiger partial charge is 0.136 e. The van der Waals surface area contributed by atoms with Gasteiger partial charge in [-0.3, -0.25) is 0 Å². The lowest BCUT2D eigenvalue weighted by molar-refractivity contribution is 0.668. The van der Waals surface area contributed by atoms with Gasteiger partial charge in [0.25, 0.3) is 0 Å². The topological polar surface area (TPSA) is 83.7 Å². The van der Waals surface area contributed by atoms with Crippen molar-refractivity contribution in [3.05, 3.63) is 217 Å². The molecule has 0 amide bonds. The second-order valence-corrected chi connectivity index (χ2v) is 18.2. The van der Waals surface area contributed by atoms with E-state index >= 15 is 0 Å². The zero-order valence-electron chi connectivity index (χ0n) is 37.2. The van der Waals surface area contributed by atoms with Crippen LogP contribution in [0.3, 0.4) is 0 Å². The van der Waals surface area contributed by atoms with E-state index < -0.39 is 0 Å². The first kappa shape index (κ1) is 38.2. The van der Waals surface area contributed by atoms with Crippen molar-refractivity contribution in [3.8, 4) is 45.8 Å². The standard InChI is InChI=1S/C64H34N4O2/c65-35-37-29-57(67-53-25-21-40(31-50(53)63-44-11-3-1-9-38(44)19-27-55(63)67)42-17-23-48-46-13-5-7-15-59(46)69-61(48)33-42)52(36-66)58(30-37)68-54-26-22-41(32-51(54)64-45-12-4-2-10-39(45)20-28-56(64)68)43-18-24-49-47-14-6-8-16-60(47)70-62(49)34-43/h1-34H. The molecule has 70 heavy (non-hydrogen) atoms. The first-order valence-corrected chi connectivity index (χ1v) is 23.3. The summed E-state index contributed by atoms with van der Waals surface area (Å²) in [6, 6.07) is 76.7. The summed E-state index contributed by atoms with van der Waals surface area (Å²) in [7, 11) is 0. The summed E-state index contributed by atoms with van der Waals surface area (Å²) in [5.41, 5.74) is 13.5. The molecule has 0 atom stereocenters. The van der Waals surface area contributed by atoms with E-state index in [-0.39, 0.29) is 0 Å². The molecule has 6 nitrogen and oxygen atoms in total. The van der Waals surface area contributed by atoms with Crippen molar-refractivity contribution in [2.75, 3.05) is 0 Å². The van der Waals surface area contributed by atoms with Gasteiger partial charge in [0.2, 0.25) is 0 Å². The fraction of sp³-hybridized carbons (Fsp3) is 0. The predicted molar refractivity (Wildman–Crippen MR) is 285 cm³/mol. The Labute approximate surface area is 398 Å². The van der Waals surface area contributed by atoms with E-state index in [0.29, 0.717) is 22.5 Å². The molecule has 0 spiro atoms. The van der Waals surface area contributed by atoms with Crippen LogP contribution in [-0.4, -0.2) is 9.13 Å². The number of rotatable bonds is 4. The lowest BCUT2D eigenvalue weighted by atomic mass is 9.99. The number of furan rings is 2. The minimum Gasteiger partial charge on any atom is -0.456 e. The summed E-state index contributed by atoms with van der Waals surface area (Å²) in [4.78, 5) is 0. The van der Waals surface area contributed by atoms with Crippen LogP contribution in [0.5, 0.6) is 0 Å². The van der Waals surface area contributed by atoms with Gasteiger partial charge in [0.05, 0.1) is 45.1 Å². The van der Waals surface area contributed by atoms with E-state index in [4.69, 9.17) is 8.83 Å². The van der Waals surface area contributed by atoms with E-state index in [1.807, 2.05) is 48.5 Å². The Kier molecular flexibility index (Phi) is 7.82. The minimum absolute atomic E-state index is 0.446. The Morgan fingerprint density at radius 2 is 0.714 bits per heavy atom. The van der Waals surface area contributed by atoms with Crippen molar-refractivity contribution in [3.63, 3.8) is 0 Å². The van der Waals surface area contributed by atoms with Crippen LogP contribution >= 0.6 is 0 Å². The molecule has 4 heterocycles. The normalized spacial score (nSPS) is 12.0. The van der Waals surface area contributed by atoms with Crippen LogP contribution in [0, 0.1) is 22.7 Å². The Bertz CT molecular complexity index is 4580. The predicted octanol–water partition coefficient (Wildman–Crippen LogP) is 17.1. The molecule has 0 saturated heterocycles. The maximum atomic E-state index is 11.6. The Morgan fingerprint density at radius 3 is 1.19 bits per heavy atom. The molecule has 15 aromatic rings. The molecule has 6 heteroatoms. The number of nitriles is 2. The monoisotopic (exact) mass is 890 g/mol. The van der Waals surface area contributed by atoms with Gasteiger partial charge in [-0.05, 0) is 129 Å². The highest BCUT2D eigenvalue weighted by Gasteiger charge is 2.24. The van der Waals surface area contributed by atoms with Gasteiger partial charge in [-0.2, -0.15) is 10.5 Å². The summed E-state index contributed by atoms with van der Waals surface area (Å²) >= 11 is 0. The molecule has 11 aromatic carbocycles. The number of fused-ring (bicyclic) bond motifs is 16. The third kappa shape index (κ3) is 5.36. The number of para-hydroxylation sites is 2. The van der Waals surface area contributed by atoms with Gasteiger partial charge in [-0.15, -0.1) is 0 Å². The number of aromatic nitrogens is 2. The van der Waals surface area contributed by atoms with Crippen LogP contribution in [0.4, 0.5) is 0 Å². The van der Waals surface area contributed by atoms with Gasteiger partial charge in [0.15, 0.2) is 0 Å². The molecule has 0 saturated carbocycles. The second kappa shape index (κ2) is 14.3. The van der Waals surface area contributed by atoms with Crippen molar-refractivity contribution in [2.45, 2.75) is 0 Å². The highest BCUT2D eigenvalue weighted by Crippen LogP contribution is 2.44. The molecule has 15 rings (SSSR count). The SMILES string of the molecule is N#Cc1cc(-n2c3ccc(-c4ccc5c(c4)oc4ccccc45)cc3c3c4ccccc4ccc32)c(C#N)c(-n2c3ccc(-c4ccc5c(c4)oc4ccccc45)cc3c3c4ccccc4ccc32)c1. The lowest BCUT2D eigenvalue weighted by Gasteiger charge is -2.17. The van der Waals surface area contributed by atoms with Crippen LogP contribution in [0.2, 0.25) is 0 Å². The molecular weight excluding hydrogens is 857 g/mol. The molecule has 0 aliphatic carbocycles. The molecule has 4 aromatic heterocycles. The van der Waals surface area contributed by atoms with Gasteiger partial charge in [0, 0.05) is 43.1 Å². The lowest BCUT2D eigenvalue weighted by Crippen LogP contribution is -2.05. The van der Waals surface area contributed by atoms with Crippen LogP contribution in [0.1, 0.15) is 11.1 Å². The summed E-state index contributed by atoms with van der Waals surface area (Å²) in [5, 5.41) is 35.5. The summed E-state index contributed by atoms with van der Waals surface area (Å²) in [6.07, 6.45) is 0. The molecule has 0 unspecified atom stereocenters. The molecule has 322 valence electrons. The maximum absolute atomic E-state index is 11.6. The Morgan fingerprint density at radius 1 is 0.314 bits per heavy atom. The zero-order chi connectivity index (χ0) is 46.2. The highest BCUT2D eigenvalue weighted by atomic mass is 16.3. The Balaban J connectivity index is 0.980. The van der Waals surface area contributed by atoms with Crippen LogP contribution in [-0.2, 0) is 0 Å². The van der Waals surface area contributed by atoms with Crippen molar-refractivity contribution < 1.29 is 8.83 Å². The average molecular weight is 891 g/mol. The average Bonchev–Trinajstić information content (AvgIpc) is 4.17. The molecule has 0 aliphatic rings. The van der Waals surface area contributed by atoms with Crippen LogP contribution < -0.4 is 0 Å². The first-order valence-electron chi connectivity index (χ1n) is 23.3. The molecular formula is C64H34N4O2. The number of nitrogens with zero attached hydrogens (tertiary/aromatic N) is 4. The fourth-order valence-electron chi connectivity index (χ4n) is 11.4. The summed E-state index contributed by atoms with van der Waals surface area (Å²) in [6.45, 7) is 0. The third-order valence-corrected chi connectivity index (χ3v) is 14.6. The number of hydrogen-bond acceptors (Lipinski definition) is 4. The van der Waals surface area contributed by atoms with E-state index in [1.54, 1.807) is 0 Å². The van der Waals surface area contributed by atoms with Gasteiger partial charge in [0.1, 0.15) is 34.0 Å². The zero-order valence-corrected chi connectivity index (χ0v) is 37.2. The molecule has 0 bridgehead atoms. The molecule has 0 fully saturated rings. The number of hydrogen-bond donors (Lipinski definition) is 0. The van der Waals surface area contributed by atoms with Crippen molar-refractivity contribution in [2.24, 2.45) is 0 Å². The molecule has 0 N–H and O–H groups in total. The summed E-state index contributed by atoms with van der Waals surface area (Å²) in [5.74, 6) is 0. The molecule has 0 radical (unpaired) electrons. The number of benzene rings is 11. The third-order valence-electron chi connectivity index (χ3n) is 14.6. The van der Waals surface area contributed by atoms with E-state index in [2.05, 4.69) is 179 Å². The maximum Gasteiger partial charge on any atom is 0.136 e. The van der Waals surface area contributed by atoms with Crippen molar-refractivity contribution in [1.29, 1.82) is 10.5 Å². The fourth-order valence-corrected chi connectivity index (χ4v) is 11.4.